The summed E-state index contributed by atoms with van der Waals surface area (Å²) in [5.41, 5.74) is 3.27. The molecule has 6 nitrogen and oxygen atoms in total. The molecule has 0 unspecified atom stereocenters. The molecular weight excluding hydrogens is 406 g/mol. The van der Waals surface area contributed by atoms with Gasteiger partial charge in [-0.25, -0.2) is 0 Å². The number of carbonyl (C=O) groups is 1. The molecule has 0 bridgehead atoms. The van der Waals surface area contributed by atoms with Crippen LogP contribution < -0.4 is 24.3 Å². The first kappa shape index (κ1) is 22.7. The Kier molecular flexibility index (Phi) is 7.75. The van der Waals surface area contributed by atoms with Crippen LogP contribution in [0.15, 0.2) is 66.7 Å². The van der Waals surface area contributed by atoms with Crippen molar-refractivity contribution in [1.29, 1.82) is 0 Å². The number of ether oxygens (including phenoxy) is 4. The lowest BCUT2D eigenvalue weighted by Gasteiger charge is -2.16. The second-order valence-electron chi connectivity index (χ2n) is 6.91. The van der Waals surface area contributed by atoms with Gasteiger partial charge in [-0.3, -0.25) is 4.79 Å². The van der Waals surface area contributed by atoms with Crippen LogP contribution in [0.1, 0.15) is 21.5 Å². The Morgan fingerprint density at radius 3 is 1.94 bits per heavy atom. The number of hydrogen-bond acceptors (Lipinski definition) is 5. The largest absolute Gasteiger partial charge is 0.497 e. The summed E-state index contributed by atoms with van der Waals surface area (Å²) in [6.45, 7) is 0.304. The minimum Gasteiger partial charge on any atom is -0.497 e. The molecule has 0 spiro atoms. The third-order valence-electron chi connectivity index (χ3n) is 4.97. The highest BCUT2D eigenvalue weighted by Crippen LogP contribution is 2.40. The monoisotopic (exact) mass is 433 g/mol. The van der Waals surface area contributed by atoms with Crippen molar-refractivity contribution in [3.63, 3.8) is 0 Å². The molecule has 0 saturated carbocycles. The molecule has 0 radical (unpaired) electrons. The van der Waals surface area contributed by atoms with Gasteiger partial charge in [-0.2, -0.15) is 0 Å². The molecule has 1 amide bonds. The number of hydrogen-bond donors (Lipinski definition) is 1. The van der Waals surface area contributed by atoms with E-state index in [0.717, 1.165) is 22.4 Å². The van der Waals surface area contributed by atoms with E-state index in [0.29, 0.717) is 29.4 Å². The Bertz CT molecular complexity index is 1050. The number of amides is 1. The molecule has 1 N–H and O–H groups in total. The second-order valence-corrected chi connectivity index (χ2v) is 6.91. The van der Waals surface area contributed by atoms with Gasteiger partial charge in [0.2, 0.25) is 5.75 Å². The van der Waals surface area contributed by atoms with E-state index < -0.39 is 0 Å². The molecule has 0 aliphatic carbocycles. The van der Waals surface area contributed by atoms with Crippen molar-refractivity contribution in [2.75, 3.05) is 35.0 Å². The maximum atomic E-state index is 12.6. The molecule has 3 aromatic carbocycles. The molecule has 0 heterocycles. The molecular formula is C26H27NO5. The van der Waals surface area contributed by atoms with E-state index in [1.165, 1.54) is 0 Å². The van der Waals surface area contributed by atoms with Crippen molar-refractivity contribution in [1.82, 2.24) is 5.32 Å². The zero-order chi connectivity index (χ0) is 22.9. The van der Waals surface area contributed by atoms with Crippen LogP contribution in [0.4, 0.5) is 0 Å². The fraction of sp³-hybridized carbons (Fsp3) is 0.192. The van der Waals surface area contributed by atoms with Gasteiger partial charge in [0.1, 0.15) is 5.75 Å². The Balaban J connectivity index is 1.99. The molecule has 0 aromatic heterocycles. The second kappa shape index (κ2) is 10.9. The Morgan fingerprint density at radius 1 is 0.781 bits per heavy atom. The number of rotatable bonds is 9. The van der Waals surface area contributed by atoms with Crippen molar-refractivity contribution in [2.24, 2.45) is 0 Å². The van der Waals surface area contributed by atoms with Crippen LogP contribution in [0.2, 0.25) is 0 Å². The minimum absolute atomic E-state index is 0.154. The summed E-state index contributed by atoms with van der Waals surface area (Å²) in [4.78, 5) is 12.6. The van der Waals surface area contributed by atoms with Crippen LogP contribution in [0.5, 0.6) is 23.0 Å². The average Bonchev–Trinajstić information content (AvgIpc) is 2.86. The van der Waals surface area contributed by atoms with E-state index in [9.17, 15) is 4.79 Å². The lowest BCUT2D eigenvalue weighted by atomic mass is 10.0. The minimum atomic E-state index is -0.154. The third-order valence-corrected chi connectivity index (χ3v) is 4.97. The van der Waals surface area contributed by atoms with Crippen LogP contribution in [0, 0.1) is 0 Å². The highest BCUT2D eigenvalue weighted by Gasteiger charge is 2.16. The molecule has 0 aliphatic heterocycles. The summed E-state index contributed by atoms with van der Waals surface area (Å²) in [7, 11) is 6.34. The summed E-state index contributed by atoms with van der Waals surface area (Å²) in [5, 5.41) is 3.00. The first-order chi connectivity index (χ1) is 15.6. The topological polar surface area (TPSA) is 66.0 Å². The number of nitrogens with one attached hydrogen (secondary N) is 1. The molecule has 0 atom stereocenters. The number of benzene rings is 3. The van der Waals surface area contributed by atoms with Crippen LogP contribution >= 0.6 is 0 Å². The number of methoxy groups -OCH3 is 4. The van der Waals surface area contributed by atoms with Gasteiger partial charge in [-0.15, -0.1) is 0 Å². The SMILES string of the molecule is COc1ccc(/C=C(/CNC(=O)c2ccccc2)c2cc(OC)c(OC)c(OC)c2)cc1. The van der Waals surface area contributed by atoms with Gasteiger partial charge in [0.05, 0.1) is 28.4 Å². The molecule has 32 heavy (non-hydrogen) atoms. The van der Waals surface area contributed by atoms with Gasteiger partial charge in [0.15, 0.2) is 11.5 Å². The van der Waals surface area contributed by atoms with Crippen molar-refractivity contribution < 1.29 is 23.7 Å². The van der Waals surface area contributed by atoms with Crippen molar-refractivity contribution in [2.45, 2.75) is 0 Å². The van der Waals surface area contributed by atoms with Crippen molar-refractivity contribution in [3.05, 3.63) is 83.4 Å². The highest BCUT2D eigenvalue weighted by molar-refractivity contribution is 5.96. The maximum absolute atomic E-state index is 12.6. The first-order valence-electron chi connectivity index (χ1n) is 10.1. The number of carbonyl (C=O) groups excluding carboxylic acids is 1. The fourth-order valence-corrected chi connectivity index (χ4v) is 3.27. The summed E-state index contributed by atoms with van der Waals surface area (Å²) in [6.07, 6.45) is 2.01. The van der Waals surface area contributed by atoms with E-state index >= 15 is 0 Å². The zero-order valence-corrected chi connectivity index (χ0v) is 18.7. The average molecular weight is 434 g/mol. The Hall–Kier alpha value is -3.93. The van der Waals surface area contributed by atoms with Crippen LogP contribution in [0.25, 0.3) is 11.6 Å². The molecule has 3 rings (SSSR count). The van der Waals surface area contributed by atoms with E-state index in [1.807, 2.05) is 60.7 Å². The summed E-state index contributed by atoms with van der Waals surface area (Å²) in [6, 6.07) is 20.5. The van der Waals surface area contributed by atoms with E-state index in [1.54, 1.807) is 40.6 Å². The van der Waals surface area contributed by atoms with E-state index in [4.69, 9.17) is 18.9 Å². The van der Waals surface area contributed by atoms with E-state index in [-0.39, 0.29) is 5.91 Å². The lowest BCUT2D eigenvalue weighted by Crippen LogP contribution is -2.25. The van der Waals surface area contributed by atoms with Crippen LogP contribution in [0.3, 0.4) is 0 Å². The van der Waals surface area contributed by atoms with Crippen LogP contribution in [-0.2, 0) is 0 Å². The van der Waals surface area contributed by atoms with Crippen molar-refractivity contribution in [3.8, 4) is 23.0 Å². The zero-order valence-electron chi connectivity index (χ0n) is 18.7. The van der Waals surface area contributed by atoms with Gasteiger partial charge in [0.25, 0.3) is 5.91 Å². The van der Waals surface area contributed by atoms with Crippen LogP contribution in [-0.4, -0.2) is 40.9 Å². The molecule has 166 valence electrons. The molecule has 0 fully saturated rings. The Morgan fingerprint density at radius 2 is 1.41 bits per heavy atom. The first-order valence-corrected chi connectivity index (χ1v) is 10.1. The maximum Gasteiger partial charge on any atom is 0.251 e. The summed E-state index contributed by atoms with van der Waals surface area (Å²) >= 11 is 0. The summed E-state index contributed by atoms with van der Waals surface area (Å²) < 4.78 is 21.7. The predicted octanol–water partition coefficient (Wildman–Crippen LogP) is 4.69. The van der Waals surface area contributed by atoms with Gasteiger partial charge in [0, 0.05) is 12.1 Å². The molecule has 0 saturated heterocycles. The quantitative estimate of drug-likeness (QED) is 0.496. The van der Waals surface area contributed by atoms with E-state index in [2.05, 4.69) is 5.32 Å². The highest BCUT2D eigenvalue weighted by atomic mass is 16.5. The lowest BCUT2D eigenvalue weighted by molar-refractivity contribution is 0.0958. The molecule has 6 heteroatoms. The van der Waals surface area contributed by atoms with Gasteiger partial charge in [-0.05, 0) is 59.2 Å². The van der Waals surface area contributed by atoms with Crippen molar-refractivity contribution >= 4 is 17.6 Å². The predicted molar refractivity (Wildman–Crippen MR) is 126 cm³/mol. The third kappa shape index (κ3) is 5.40. The fourth-order valence-electron chi connectivity index (χ4n) is 3.27. The smallest absolute Gasteiger partial charge is 0.251 e. The van der Waals surface area contributed by atoms with Gasteiger partial charge in [-0.1, -0.05) is 30.3 Å². The standard InChI is InChI=1S/C26H27NO5/c1-29-22-12-10-18(11-13-22)14-21(17-27-26(28)19-8-6-5-7-9-19)20-15-23(30-2)25(32-4)24(16-20)31-3/h5-16H,17H2,1-4H3,(H,27,28)/b21-14-. The molecule has 0 aliphatic rings. The molecule has 3 aromatic rings. The van der Waals surface area contributed by atoms with Gasteiger partial charge >= 0.3 is 0 Å². The summed E-state index contributed by atoms with van der Waals surface area (Å²) in [5.74, 6) is 2.21. The van der Waals surface area contributed by atoms with Gasteiger partial charge < -0.3 is 24.3 Å². The Labute approximate surface area is 188 Å². The normalized spacial score (nSPS) is 10.9.